The Morgan fingerprint density at radius 2 is 0.545 bits per heavy atom. The second-order valence-corrected chi connectivity index (χ2v) is 24.3. The maximum absolute atomic E-state index is 5.04. The standard InChI is InChI=1S/C82H60N6/c1-81(2)73-49-55(29-37-69(73)71-39-35-63(51-75(71)81)87(77-65-17-9-5-13-59(65)41-45-83-77)78-66-18-10-6-14-60(66)42-46-84-78)23-21-53-25-31-57(32-26-53)58-33-27-54(28-34-58)22-24-56-30-38-70-72-40-36-64(52-76(72)82(3,4)74(70)50-56)88(79-67-19-11-7-15-61(67)43-47-85-79)80-68-20-12-8-16-62(68)44-48-86-80/h5-52H,1-4H3. The molecule has 418 valence electrons. The predicted octanol–water partition coefficient (Wildman–Crippen LogP) is 21.4. The Balaban J connectivity index is 0.619. The van der Waals surface area contributed by atoms with Crippen LogP contribution < -0.4 is 9.80 Å². The van der Waals surface area contributed by atoms with Gasteiger partial charge in [-0.15, -0.1) is 0 Å². The molecule has 6 nitrogen and oxygen atoms in total. The Bertz CT molecular complexity index is 4670. The molecule has 4 heterocycles. The van der Waals surface area contributed by atoms with Crippen LogP contribution in [0.1, 0.15) is 72.2 Å². The Morgan fingerprint density at radius 3 is 0.875 bits per heavy atom. The normalized spacial score (nSPS) is 13.5. The van der Waals surface area contributed by atoms with E-state index in [2.05, 4.69) is 304 Å². The van der Waals surface area contributed by atoms with Crippen molar-refractivity contribution in [1.29, 1.82) is 0 Å². The topological polar surface area (TPSA) is 58.0 Å². The number of hydrogen-bond donors (Lipinski definition) is 0. The molecule has 0 radical (unpaired) electrons. The van der Waals surface area contributed by atoms with Gasteiger partial charge in [-0.3, -0.25) is 9.80 Å². The fourth-order valence-corrected chi connectivity index (χ4v) is 13.7. The van der Waals surface area contributed by atoms with E-state index in [-0.39, 0.29) is 10.8 Å². The minimum Gasteiger partial charge on any atom is -0.278 e. The lowest BCUT2D eigenvalue weighted by Crippen LogP contribution is -2.18. The zero-order valence-corrected chi connectivity index (χ0v) is 49.4. The molecule has 10 aromatic carbocycles. The molecule has 0 unspecified atom stereocenters. The molecular formula is C82H60N6. The van der Waals surface area contributed by atoms with Crippen LogP contribution in [-0.2, 0) is 10.8 Å². The number of fused-ring (bicyclic) bond motifs is 10. The summed E-state index contributed by atoms with van der Waals surface area (Å²) in [5.74, 6) is 3.42. The molecule has 14 aromatic rings. The highest BCUT2D eigenvalue weighted by Crippen LogP contribution is 2.54. The number of rotatable bonds is 11. The molecule has 0 amide bonds. The van der Waals surface area contributed by atoms with Crippen LogP contribution in [0.5, 0.6) is 0 Å². The summed E-state index contributed by atoms with van der Waals surface area (Å²) in [5, 5.41) is 8.82. The average Bonchev–Trinajstić information content (AvgIpc) is 1.60. The number of hydrogen-bond acceptors (Lipinski definition) is 6. The SMILES string of the molecule is CC1(C)c2cc(C=Cc3ccc(-c4ccc(C=Cc5ccc6c(c5)C(C)(C)c5cc(N(c7nccc8ccccc78)c7nccc8ccccc78)ccc5-6)cc4)cc3)ccc2-c2ccc(N(c3nccc4ccccc34)c3nccc4ccccc34)cc21. The molecule has 2 aliphatic rings. The number of pyridine rings is 4. The molecule has 0 N–H and O–H groups in total. The first-order chi connectivity index (χ1) is 43.1. The first-order valence-corrected chi connectivity index (χ1v) is 30.2. The average molecular weight is 1130 g/mol. The van der Waals surface area contributed by atoms with E-state index in [4.69, 9.17) is 19.9 Å². The van der Waals surface area contributed by atoms with Gasteiger partial charge in [0, 0.05) is 68.5 Å². The lowest BCUT2D eigenvalue weighted by molar-refractivity contribution is 0.660. The third-order valence-corrected chi connectivity index (χ3v) is 18.4. The molecule has 0 aliphatic heterocycles. The highest BCUT2D eigenvalue weighted by Gasteiger charge is 2.38. The Hall–Kier alpha value is -11.1. The maximum Gasteiger partial charge on any atom is 0.146 e. The van der Waals surface area contributed by atoms with E-state index in [1.54, 1.807) is 0 Å². The van der Waals surface area contributed by atoms with Crippen LogP contribution in [0, 0.1) is 0 Å². The van der Waals surface area contributed by atoms with Gasteiger partial charge in [0.1, 0.15) is 23.3 Å². The van der Waals surface area contributed by atoms with Gasteiger partial charge in [0.15, 0.2) is 0 Å². The van der Waals surface area contributed by atoms with Crippen LogP contribution >= 0.6 is 0 Å². The van der Waals surface area contributed by atoms with Gasteiger partial charge in [0.2, 0.25) is 0 Å². The summed E-state index contributed by atoms with van der Waals surface area (Å²) >= 11 is 0. The Morgan fingerprint density at radius 1 is 0.273 bits per heavy atom. The molecule has 88 heavy (non-hydrogen) atoms. The van der Waals surface area contributed by atoms with Crippen molar-refractivity contribution in [2.75, 3.05) is 9.80 Å². The largest absolute Gasteiger partial charge is 0.278 e. The van der Waals surface area contributed by atoms with Crippen molar-refractivity contribution in [1.82, 2.24) is 19.9 Å². The summed E-state index contributed by atoms with van der Waals surface area (Å²) < 4.78 is 0. The van der Waals surface area contributed by atoms with Crippen LogP contribution in [-0.4, -0.2) is 19.9 Å². The van der Waals surface area contributed by atoms with Gasteiger partial charge in [0.05, 0.1) is 0 Å². The first kappa shape index (κ1) is 52.5. The van der Waals surface area contributed by atoms with Crippen molar-refractivity contribution in [3.05, 3.63) is 312 Å². The van der Waals surface area contributed by atoms with E-state index in [1.807, 2.05) is 24.8 Å². The predicted molar refractivity (Wildman–Crippen MR) is 368 cm³/mol. The fourth-order valence-electron chi connectivity index (χ4n) is 13.7. The van der Waals surface area contributed by atoms with Gasteiger partial charge in [-0.25, -0.2) is 19.9 Å². The quantitative estimate of drug-likeness (QED) is 0.120. The molecule has 0 bridgehead atoms. The molecule has 2 aliphatic carbocycles. The van der Waals surface area contributed by atoms with Gasteiger partial charge in [-0.05, 0) is 148 Å². The maximum atomic E-state index is 5.04. The summed E-state index contributed by atoms with van der Waals surface area (Å²) in [6.07, 6.45) is 16.5. The summed E-state index contributed by atoms with van der Waals surface area (Å²) in [6.45, 7) is 9.40. The van der Waals surface area contributed by atoms with E-state index in [0.29, 0.717) is 0 Å². The molecule has 16 rings (SSSR count). The van der Waals surface area contributed by atoms with Crippen LogP contribution in [0.15, 0.2) is 267 Å². The van der Waals surface area contributed by atoms with Gasteiger partial charge < -0.3 is 0 Å². The van der Waals surface area contributed by atoms with Crippen molar-refractivity contribution in [3.63, 3.8) is 0 Å². The van der Waals surface area contributed by atoms with E-state index in [9.17, 15) is 0 Å². The highest BCUT2D eigenvalue weighted by molar-refractivity contribution is 6.04. The van der Waals surface area contributed by atoms with E-state index in [0.717, 1.165) is 88.9 Å². The van der Waals surface area contributed by atoms with Crippen LogP contribution in [0.25, 0.3) is 101 Å². The minimum absolute atomic E-state index is 0.250. The van der Waals surface area contributed by atoms with Crippen molar-refractivity contribution in [2.45, 2.75) is 38.5 Å². The van der Waals surface area contributed by atoms with Crippen LogP contribution in [0.4, 0.5) is 34.6 Å². The minimum atomic E-state index is -0.250. The third-order valence-electron chi connectivity index (χ3n) is 18.4. The Labute approximate surface area is 512 Å². The number of nitrogens with zero attached hydrogens (tertiary/aromatic N) is 6. The van der Waals surface area contributed by atoms with E-state index < -0.39 is 0 Å². The smallest absolute Gasteiger partial charge is 0.146 e. The highest BCUT2D eigenvalue weighted by atomic mass is 15.2. The lowest BCUT2D eigenvalue weighted by Gasteiger charge is -2.28. The number of benzene rings is 10. The second kappa shape index (κ2) is 20.9. The number of aromatic nitrogens is 4. The molecule has 0 atom stereocenters. The molecular weight excluding hydrogens is 1070 g/mol. The summed E-state index contributed by atoms with van der Waals surface area (Å²) in [5.41, 5.74) is 18.8. The molecule has 6 heteroatoms. The van der Waals surface area contributed by atoms with Gasteiger partial charge in [0.25, 0.3) is 0 Å². The number of anilines is 6. The molecule has 4 aromatic heterocycles. The monoisotopic (exact) mass is 1130 g/mol. The third kappa shape index (κ3) is 8.86. The van der Waals surface area contributed by atoms with Gasteiger partial charge >= 0.3 is 0 Å². The van der Waals surface area contributed by atoms with Crippen molar-refractivity contribution in [3.8, 4) is 33.4 Å². The van der Waals surface area contributed by atoms with Crippen molar-refractivity contribution < 1.29 is 0 Å². The van der Waals surface area contributed by atoms with Crippen molar-refractivity contribution in [2.24, 2.45) is 0 Å². The van der Waals surface area contributed by atoms with Gasteiger partial charge in [-0.1, -0.05) is 246 Å². The molecule has 0 fully saturated rings. The second-order valence-electron chi connectivity index (χ2n) is 24.3. The molecule has 0 saturated carbocycles. The molecule has 0 saturated heterocycles. The van der Waals surface area contributed by atoms with E-state index >= 15 is 0 Å². The Kier molecular flexibility index (Phi) is 12.4. The van der Waals surface area contributed by atoms with Crippen molar-refractivity contribution >= 4 is 102 Å². The zero-order valence-electron chi connectivity index (χ0n) is 49.4. The first-order valence-electron chi connectivity index (χ1n) is 30.2. The fraction of sp³-hybridized carbons (Fsp3) is 0.0732. The van der Waals surface area contributed by atoms with Gasteiger partial charge in [-0.2, -0.15) is 0 Å². The summed E-state index contributed by atoms with van der Waals surface area (Å²) in [7, 11) is 0. The summed E-state index contributed by atoms with van der Waals surface area (Å²) in [4.78, 5) is 24.7. The van der Waals surface area contributed by atoms with Crippen LogP contribution in [0.2, 0.25) is 0 Å². The van der Waals surface area contributed by atoms with E-state index in [1.165, 1.54) is 66.8 Å². The zero-order chi connectivity index (χ0) is 59.1. The summed E-state index contributed by atoms with van der Waals surface area (Å²) in [6, 6.07) is 87.5. The lowest BCUT2D eigenvalue weighted by atomic mass is 9.81. The van der Waals surface area contributed by atoms with Crippen LogP contribution in [0.3, 0.4) is 0 Å². The molecule has 0 spiro atoms.